The zero-order valence-electron chi connectivity index (χ0n) is 14.2. The quantitative estimate of drug-likeness (QED) is 0.769. The normalized spacial score (nSPS) is 15.3. The van der Waals surface area contributed by atoms with Crippen LogP contribution < -0.4 is 5.32 Å². The van der Waals surface area contributed by atoms with Gasteiger partial charge in [-0.3, -0.25) is 4.79 Å². The Kier molecular flexibility index (Phi) is 4.24. The molecule has 6 heteroatoms. The minimum absolute atomic E-state index is 0.00992. The van der Waals surface area contributed by atoms with Gasteiger partial charge in [0.15, 0.2) is 0 Å². The summed E-state index contributed by atoms with van der Waals surface area (Å²) in [5.74, 6) is -0.271. The first-order valence-corrected chi connectivity index (χ1v) is 8.66. The fourth-order valence-electron chi connectivity index (χ4n) is 3.41. The molecule has 1 N–H and O–H groups in total. The first kappa shape index (κ1) is 16.4. The van der Waals surface area contributed by atoms with Crippen molar-refractivity contribution in [1.29, 1.82) is 0 Å². The van der Waals surface area contributed by atoms with Gasteiger partial charge in [-0.1, -0.05) is 30.7 Å². The Morgan fingerprint density at radius 2 is 1.85 bits per heavy atom. The van der Waals surface area contributed by atoms with Crippen molar-refractivity contribution in [1.82, 2.24) is 20.1 Å². The third-order valence-corrected chi connectivity index (χ3v) is 5.11. The third kappa shape index (κ3) is 2.98. The SMILES string of the molecule is O=C(NCc1ccc(-n2cncn2)cc1)C1(c2ccc(F)cc2)CCC1. The molecule has 0 atom stereocenters. The molecule has 132 valence electrons. The van der Waals surface area contributed by atoms with Crippen LogP contribution in [0.5, 0.6) is 0 Å². The van der Waals surface area contributed by atoms with Crippen molar-refractivity contribution in [2.24, 2.45) is 0 Å². The monoisotopic (exact) mass is 350 g/mol. The van der Waals surface area contributed by atoms with Crippen LogP contribution in [0, 0.1) is 5.82 Å². The summed E-state index contributed by atoms with van der Waals surface area (Å²) in [6.45, 7) is 0.458. The van der Waals surface area contributed by atoms with Crippen LogP contribution in [0.2, 0.25) is 0 Å². The molecule has 0 radical (unpaired) electrons. The van der Waals surface area contributed by atoms with Gasteiger partial charge in [-0.2, -0.15) is 5.10 Å². The maximum Gasteiger partial charge on any atom is 0.230 e. The molecule has 4 rings (SSSR count). The molecule has 1 fully saturated rings. The Hall–Kier alpha value is -3.02. The number of carbonyl (C=O) groups is 1. The lowest BCUT2D eigenvalue weighted by molar-refractivity contribution is -0.130. The highest BCUT2D eigenvalue weighted by Gasteiger charge is 2.45. The Morgan fingerprint density at radius 3 is 2.42 bits per heavy atom. The molecule has 1 amide bonds. The van der Waals surface area contributed by atoms with Gasteiger partial charge >= 0.3 is 0 Å². The number of nitrogens with zero attached hydrogens (tertiary/aromatic N) is 3. The number of benzene rings is 2. The Morgan fingerprint density at radius 1 is 1.12 bits per heavy atom. The third-order valence-electron chi connectivity index (χ3n) is 5.11. The van der Waals surface area contributed by atoms with Crippen molar-refractivity contribution >= 4 is 5.91 Å². The van der Waals surface area contributed by atoms with Crippen molar-refractivity contribution in [2.45, 2.75) is 31.2 Å². The second kappa shape index (κ2) is 6.71. The molecule has 1 aliphatic rings. The second-order valence-corrected chi connectivity index (χ2v) is 6.63. The summed E-state index contributed by atoms with van der Waals surface area (Å²) in [4.78, 5) is 16.8. The Labute approximate surface area is 150 Å². The van der Waals surface area contributed by atoms with E-state index in [1.807, 2.05) is 24.3 Å². The summed E-state index contributed by atoms with van der Waals surface area (Å²) in [6, 6.07) is 14.1. The fourth-order valence-corrected chi connectivity index (χ4v) is 3.41. The lowest BCUT2D eigenvalue weighted by Gasteiger charge is -2.40. The molecule has 0 saturated heterocycles. The van der Waals surface area contributed by atoms with Gasteiger partial charge in [-0.25, -0.2) is 14.1 Å². The fraction of sp³-hybridized carbons (Fsp3) is 0.250. The zero-order chi connectivity index (χ0) is 18.0. The molecule has 0 spiro atoms. The number of nitrogens with one attached hydrogen (secondary N) is 1. The molecule has 1 aliphatic carbocycles. The predicted molar refractivity (Wildman–Crippen MR) is 95.1 cm³/mol. The molecule has 3 aromatic rings. The number of aromatic nitrogens is 3. The maximum atomic E-state index is 13.2. The van der Waals surface area contributed by atoms with Crippen LogP contribution in [-0.4, -0.2) is 20.7 Å². The van der Waals surface area contributed by atoms with Crippen LogP contribution in [0.1, 0.15) is 30.4 Å². The van der Waals surface area contributed by atoms with E-state index in [0.29, 0.717) is 6.54 Å². The van der Waals surface area contributed by atoms with E-state index in [4.69, 9.17) is 0 Å². The molecule has 2 aromatic carbocycles. The maximum absolute atomic E-state index is 13.2. The highest BCUT2D eigenvalue weighted by molar-refractivity contribution is 5.89. The molecule has 0 unspecified atom stereocenters. The van der Waals surface area contributed by atoms with Crippen molar-refractivity contribution in [3.05, 3.63) is 78.1 Å². The van der Waals surface area contributed by atoms with Gasteiger partial charge in [-0.15, -0.1) is 0 Å². The van der Waals surface area contributed by atoms with Gasteiger partial charge in [0, 0.05) is 6.54 Å². The molecule has 1 heterocycles. The van der Waals surface area contributed by atoms with Crippen LogP contribution in [-0.2, 0) is 16.8 Å². The predicted octanol–water partition coefficient (Wildman–Crippen LogP) is 3.14. The summed E-state index contributed by atoms with van der Waals surface area (Å²) >= 11 is 0. The van der Waals surface area contributed by atoms with Gasteiger partial charge in [0.1, 0.15) is 18.5 Å². The topological polar surface area (TPSA) is 59.8 Å². The highest BCUT2D eigenvalue weighted by atomic mass is 19.1. The number of halogens is 1. The van der Waals surface area contributed by atoms with Gasteiger partial charge in [0.05, 0.1) is 11.1 Å². The molecular formula is C20H19FN4O. The Bertz CT molecular complexity index is 885. The molecular weight excluding hydrogens is 331 g/mol. The van der Waals surface area contributed by atoms with Gasteiger partial charge < -0.3 is 5.32 Å². The van der Waals surface area contributed by atoms with Gasteiger partial charge in [0.2, 0.25) is 5.91 Å². The molecule has 0 aliphatic heterocycles. The van der Waals surface area contributed by atoms with Crippen molar-refractivity contribution in [3.8, 4) is 5.69 Å². The summed E-state index contributed by atoms with van der Waals surface area (Å²) in [6.07, 6.45) is 5.74. The molecule has 26 heavy (non-hydrogen) atoms. The van der Waals surface area contributed by atoms with Crippen molar-refractivity contribution < 1.29 is 9.18 Å². The van der Waals surface area contributed by atoms with E-state index in [0.717, 1.165) is 36.1 Å². The van der Waals surface area contributed by atoms with Crippen LogP contribution in [0.4, 0.5) is 4.39 Å². The van der Waals surface area contributed by atoms with E-state index in [-0.39, 0.29) is 11.7 Å². The standard InChI is InChI=1S/C20H19FN4O/c21-17-6-4-16(5-7-17)20(10-1-11-20)19(26)23-12-15-2-8-18(9-3-15)25-14-22-13-24-25/h2-9,13-14H,1,10-12H2,(H,23,26). The minimum atomic E-state index is -0.519. The number of hydrogen-bond donors (Lipinski definition) is 1. The van der Waals surface area contributed by atoms with Crippen LogP contribution in [0.15, 0.2) is 61.2 Å². The van der Waals surface area contributed by atoms with E-state index in [1.54, 1.807) is 23.1 Å². The van der Waals surface area contributed by atoms with E-state index < -0.39 is 5.41 Å². The van der Waals surface area contributed by atoms with E-state index in [1.165, 1.54) is 18.5 Å². The van der Waals surface area contributed by atoms with Crippen LogP contribution in [0.3, 0.4) is 0 Å². The lowest BCUT2D eigenvalue weighted by atomic mass is 9.64. The van der Waals surface area contributed by atoms with Crippen molar-refractivity contribution in [3.63, 3.8) is 0 Å². The summed E-state index contributed by atoms with van der Waals surface area (Å²) in [5.41, 5.74) is 2.30. The summed E-state index contributed by atoms with van der Waals surface area (Å²) in [7, 11) is 0. The first-order chi connectivity index (χ1) is 12.7. The van der Waals surface area contributed by atoms with E-state index in [9.17, 15) is 9.18 Å². The average molecular weight is 350 g/mol. The zero-order valence-corrected chi connectivity index (χ0v) is 14.2. The largest absolute Gasteiger partial charge is 0.351 e. The number of amides is 1. The number of rotatable bonds is 5. The highest BCUT2D eigenvalue weighted by Crippen LogP contribution is 2.44. The minimum Gasteiger partial charge on any atom is -0.351 e. The summed E-state index contributed by atoms with van der Waals surface area (Å²) in [5, 5.41) is 7.13. The average Bonchev–Trinajstić information content (AvgIpc) is 3.16. The second-order valence-electron chi connectivity index (χ2n) is 6.63. The molecule has 5 nitrogen and oxygen atoms in total. The smallest absolute Gasteiger partial charge is 0.230 e. The van der Waals surface area contributed by atoms with Crippen LogP contribution >= 0.6 is 0 Å². The molecule has 0 bridgehead atoms. The lowest BCUT2D eigenvalue weighted by Crippen LogP contribution is -2.49. The first-order valence-electron chi connectivity index (χ1n) is 8.66. The van der Waals surface area contributed by atoms with E-state index >= 15 is 0 Å². The van der Waals surface area contributed by atoms with Crippen LogP contribution in [0.25, 0.3) is 5.69 Å². The van der Waals surface area contributed by atoms with E-state index in [2.05, 4.69) is 15.4 Å². The number of carbonyl (C=O) groups excluding carboxylic acids is 1. The number of hydrogen-bond acceptors (Lipinski definition) is 3. The van der Waals surface area contributed by atoms with Crippen molar-refractivity contribution in [2.75, 3.05) is 0 Å². The van der Waals surface area contributed by atoms with Gasteiger partial charge in [-0.05, 0) is 48.2 Å². The van der Waals surface area contributed by atoms with Gasteiger partial charge in [0.25, 0.3) is 0 Å². The molecule has 1 aromatic heterocycles. The summed E-state index contributed by atoms with van der Waals surface area (Å²) < 4.78 is 14.9. The Balaban J connectivity index is 1.43. The molecule has 1 saturated carbocycles.